The topological polar surface area (TPSA) is 73.4 Å². The van der Waals surface area contributed by atoms with E-state index in [0.29, 0.717) is 35.6 Å². The molecule has 1 aliphatic heterocycles. The molecule has 2 aliphatic rings. The van der Waals surface area contributed by atoms with Gasteiger partial charge >= 0.3 is 0 Å². The number of amides is 1. The number of methoxy groups -OCH3 is 1. The Hall–Kier alpha value is -3.82. The number of hydrogen-bond donors (Lipinski definition) is 0. The number of rotatable bonds is 5. The van der Waals surface area contributed by atoms with E-state index in [1.807, 2.05) is 36.6 Å². The maximum absolute atomic E-state index is 14.6. The lowest BCUT2D eigenvalue weighted by Crippen LogP contribution is -2.30. The molecule has 7 nitrogen and oxygen atoms in total. The molecule has 1 saturated carbocycles. The van der Waals surface area contributed by atoms with Gasteiger partial charge in [-0.3, -0.25) is 4.79 Å². The number of carbonyl (C=O) groups excluding carboxylic acids is 1. The standard InChI is InChI=1S/C28H27F3N4O3/c1-15-26(16(2)38-33-15)17-4-6-22-21(12-17)32-27(35(22)19-10-11-28(30,31)14-19)23-7-9-25(36)34(23)18-5-8-24(37-3)20(29)13-18/h4-6,8,12-13,19,23H,7,9-11,14H2,1-3H3/t19-,23?/m1/s1. The summed E-state index contributed by atoms with van der Waals surface area (Å²) in [6, 6.07) is 9.08. The van der Waals surface area contributed by atoms with E-state index < -0.39 is 23.8 Å². The summed E-state index contributed by atoms with van der Waals surface area (Å²) >= 11 is 0. The molecular weight excluding hydrogens is 497 g/mol. The van der Waals surface area contributed by atoms with E-state index in [9.17, 15) is 18.0 Å². The quantitative estimate of drug-likeness (QED) is 0.291. The van der Waals surface area contributed by atoms with Crippen molar-refractivity contribution in [2.24, 2.45) is 0 Å². The third-order valence-corrected chi connectivity index (χ3v) is 7.71. The highest BCUT2D eigenvalue weighted by molar-refractivity contribution is 5.96. The van der Waals surface area contributed by atoms with Crippen molar-refractivity contribution in [3.05, 3.63) is 59.5 Å². The summed E-state index contributed by atoms with van der Waals surface area (Å²) in [6.07, 6.45) is 0.483. The Morgan fingerprint density at radius 1 is 1.13 bits per heavy atom. The summed E-state index contributed by atoms with van der Waals surface area (Å²) in [4.78, 5) is 19.5. The number of ether oxygens (including phenoxy) is 1. The van der Waals surface area contributed by atoms with Gasteiger partial charge in [0.1, 0.15) is 11.6 Å². The molecule has 3 heterocycles. The fourth-order valence-corrected chi connectivity index (χ4v) is 5.99. The minimum atomic E-state index is -2.76. The van der Waals surface area contributed by atoms with Crippen LogP contribution >= 0.6 is 0 Å². The number of halogens is 3. The van der Waals surface area contributed by atoms with Crippen molar-refractivity contribution in [3.8, 4) is 16.9 Å². The number of anilines is 1. The SMILES string of the molecule is COc1ccc(N2C(=O)CCC2c2nc3cc(-c4c(C)noc4C)ccc3n2[C@@H]2CCC(F)(F)C2)cc1F. The Morgan fingerprint density at radius 2 is 1.95 bits per heavy atom. The monoisotopic (exact) mass is 524 g/mol. The van der Waals surface area contributed by atoms with Gasteiger partial charge in [0.15, 0.2) is 11.6 Å². The Kier molecular flexibility index (Phi) is 5.73. The van der Waals surface area contributed by atoms with Crippen molar-refractivity contribution in [3.63, 3.8) is 0 Å². The Morgan fingerprint density at radius 3 is 2.61 bits per heavy atom. The number of alkyl halides is 2. The van der Waals surface area contributed by atoms with Gasteiger partial charge < -0.3 is 18.7 Å². The molecular formula is C28H27F3N4O3. The Bertz CT molecular complexity index is 1540. The first-order valence-corrected chi connectivity index (χ1v) is 12.7. The first-order valence-electron chi connectivity index (χ1n) is 12.7. The lowest BCUT2D eigenvalue weighted by Gasteiger charge is -2.27. The third kappa shape index (κ3) is 3.93. The van der Waals surface area contributed by atoms with E-state index in [4.69, 9.17) is 14.2 Å². The molecule has 1 unspecified atom stereocenters. The second-order valence-corrected chi connectivity index (χ2v) is 10.1. The summed E-state index contributed by atoms with van der Waals surface area (Å²) in [6.45, 7) is 3.69. The molecule has 38 heavy (non-hydrogen) atoms. The van der Waals surface area contributed by atoms with Gasteiger partial charge in [-0.1, -0.05) is 11.2 Å². The summed E-state index contributed by atoms with van der Waals surface area (Å²) in [5.74, 6) is -2.25. The zero-order valence-corrected chi connectivity index (χ0v) is 21.3. The fourth-order valence-electron chi connectivity index (χ4n) is 5.99. The van der Waals surface area contributed by atoms with Crippen LogP contribution in [0.3, 0.4) is 0 Å². The lowest BCUT2D eigenvalue weighted by atomic mass is 10.0. The number of aryl methyl sites for hydroxylation is 2. The predicted molar refractivity (Wildman–Crippen MR) is 135 cm³/mol. The van der Waals surface area contributed by atoms with Crippen LogP contribution in [0.1, 0.15) is 61.5 Å². The van der Waals surface area contributed by atoms with E-state index in [2.05, 4.69) is 5.16 Å². The van der Waals surface area contributed by atoms with Crippen LogP contribution in [0.25, 0.3) is 22.2 Å². The van der Waals surface area contributed by atoms with Crippen molar-refractivity contribution in [2.45, 2.75) is 64.0 Å². The number of carbonyl (C=O) groups is 1. The molecule has 10 heteroatoms. The highest BCUT2D eigenvalue weighted by Gasteiger charge is 2.44. The van der Waals surface area contributed by atoms with Gasteiger partial charge in [-0.25, -0.2) is 18.2 Å². The molecule has 0 spiro atoms. The zero-order valence-electron chi connectivity index (χ0n) is 21.3. The van der Waals surface area contributed by atoms with Gasteiger partial charge in [0.2, 0.25) is 11.8 Å². The van der Waals surface area contributed by atoms with Crippen LogP contribution in [0.5, 0.6) is 5.75 Å². The molecule has 0 bridgehead atoms. The number of imidazole rings is 1. The summed E-state index contributed by atoms with van der Waals surface area (Å²) in [5.41, 5.74) is 4.19. The molecule has 4 aromatic rings. The van der Waals surface area contributed by atoms with Gasteiger partial charge in [-0.15, -0.1) is 0 Å². The van der Waals surface area contributed by atoms with Crippen molar-refractivity contribution in [1.82, 2.24) is 14.7 Å². The summed E-state index contributed by atoms with van der Waals surface area (Å²) in [7, 11) is 1.37. The van der Waals surface area contributed by atoms with Crippen LogP contribution in [-0.2, 0) is 4.79 Å². The van der Waals surface area contributed by atoms with Crippen molar-refractivity contribution >= 4 is 22.6 Å². The van der Waals surface area contributed by atoms with Gasteiger partial charge in [-0.2, -0.15) is 0 Å². The number of fused-ring (bicyclic) bond motifs is 1. The maximum atomic E-state index is 14.6. The molecule has 1 aliphatic carbocycles. The molecule has 1 amide bonds. The van der Waals surface area contributed by atoms with E-state index in [-0.39, 0.29) is 30.9 Å². The van der Waals surface area contributed by atoms with Gasteiger partial charge in [0.25, 0.3) is 0 Å². The van der Waals surface area contributed by atoms with Crippen LogP contribution in [0.15, 0.2) is 40.9 Å². The molecule has 2 aromatic carbocycles. The van der Waals surface area contributed by atoms with Crippen LogP contribution in [0.2, 0.25) is 0 Å². The van der Waals surface area contributed by atoms with Crippen LogP contribution < -0.4 is 9.64 Å². The van der Waals surface area contributed by atoms with E-state index in [1.54, 1.807) is 6.07 Å². The van der Waals surface area contributed by atoms with E-state index in [0.717, 1.165) is 22.3 Å². The minimum absolute atomic E-state index is 0.0734. The Labute approximate surface area is 217 Å². The van der Waals surface area contributed by atoms with Gasteiger partial charge in [0, 0.05) is 42.6 Å². The zero-order chi connectivity index (χ0) is 26.8. The molecule has 0 radical (unpaired) electrons. The predicted octanol–water partition coefficient (Wildman–Crippen LogP) is 6.68. The molecule has 1 saturated heterocycles. The molecule has 2 aromatic heterocycles. The van der Waals surface area contributed by atoms with Crippen LogP contribution in [-0.4, -0.2) is 33.6 Å². The molecule has 0 N–H and O–H groups in total. The highest BCUT2D eigenvalue weighted by atomic mass is 19.3. The largest absolute Gasteiger partial charge is 0.494 e. The first-order chi connectivity index (χ1) is 18.2. The smallest absolute Gasteiger partial charge is 0.250 e. The van der Waals surface area contributed by atoms with Gasteiger partial charge in [0.05, 0.1) is 29.9 Å². The van der Waals surface area contributed by atoms with Crippen LogP contribution in [0.4, 0.5) is 18.9 Å². The molecule has 198 valence electrons. The second-order valence-electron chi connectivity index (χ2n) is 10.1. The normalized spacial score (nSPS) is 21.1. The maximum Gasteiger partial charge on any atom is 0.250 e. The average molecular weight is 525 g/mol. The average Bonchev–Trinajstić information content (AvgIpc) is 3.62. The fraction of sp³-hybridized carbons (Fsp3) is 0.393. The van der Waals surface area contributed by atoms with Gasteiger partial charge in [-0.05, 0) is 56.5 Å². The van der Waals surface area contributed by atoms with Crippen LogP contribution in [0, 0.1) is 19.7 Å². The van der Waals surface area contributed by atoms with E-state index in [1.165, 1.54) is 24.1 Å². The van der Waals surface area contributed by atoms with Crippen molar-refractivity contribution in [1.29, 1.82) is 0 Å². The minimum Gasteiger partial charge on any atom is -0.494 e. The third-order valence-electron chi connectivity index (χ3n) is 7.71. The number of nitrogens with zero attached hydrogens (tertiary/aromatic N) is 4. The first kappa shape index (κ1) is 24.5. The Balaban J connectivity index is 1.50. The van der Waals surface area contributed by atoms with Crippen molar-refractivity contribution < 1.29 is 27.2 Å². The summed E-state index contributed by atoms with van der Waals surface area (Å²) in [5, 5.41) is 4.04. The highest BCUT2D eigenvalue weighted by Crippen LogP contribution is 2.46. The van der Waals surface area contributed by atoms with E-state index >= 15 is 0 Å². The summed E-state index contributed by atoms with van der Waals surface area (Å²) < 4.78 is 55.6. The molecule has 2 atom stereocenters. The molecule has 6 rings (SSSR count). The second kappa shape index (κ2) is 8.89. The number of benzene rings is 2. The number of hydrogen-bond acceptors (Lipinski definition) is 5. The number of aromatic nitrogens is 3. The molecule has 2 fully saturated rings. The van der Waals surface area contributed by atoms with Crippen molar-refractivity contribution in [2.75, 3.05) is 12.0 Å². The lowest BCUT2D eigenvalue weighted by molar-refractivity contribution is -0.117.